The summed E-state index contributed by atoms with van der Waals surface area (Å²) in [5, 5.41) is 13.1. The van der Waals surface area contributed by atoms with Crippen LogP contribution in [0.15, 0.2) is 10.6 Å². The molecule has 0 bridgehead atoms. The number of hydrogen-bond acceptors (Lipinski definition) is 6. The molecule has 6 nitrogen and oxygen atoms in total. The summed E-state index contributed by atoms with van der Waals surface area (Å²) in [4.78, 5) is 8.53. The van der Waals surface area contributed by atoms with Crippen LogP contribution in [0.2, 0.25) is 0 Å². The van der Waals surface area contributed by atoms with Crippen molar-refractivity contribution in [2.24, 2.45) is 0 Å². The second-order valence-electron chi connectivity index (χ2n) is 4.94. The van der Waals surface area contributed by atoms with Crippen molar-refractivity contribution < 1.29 is 9.26 Å². The third kappa shape index (κ3) is 2.48. The van der Waals surface area contributed by atoms with Crippen LogP contribution in [-0.4, -0.2) is 15.1 Å². The van der Waals surface area contributed by atoms with Gasteiger partial charge in [-0.25, -0.2) is 0 Å². The van der Waals surface area contributed by atoms with E-state index in [0.717, 1.165) is 24.4 Å². The predicted octanol–water partition coefficient (Wildman–Crippen LogP) is 2.41. The second kappa shape index (κ2) is 4.93. The summed E-state index contributed by atoms with van der Waals surface area (Å²) in [6, 6.07) is 3.85. The molecule has 1 fully saturated rings. The number of aryl methyl sites for hydroxylation is 2. The molecule has 20 heavy (non-hydrogen) atoms. The molecule has 0 N–H and O–H groups in total. The Labute approximate surface area is 116 Å². The molecule has 1 aliphatic rings. The molecular formula is C14H14N4O2. The lowest BCUT2D eigenvalue weighted by Gasteiger charge is -2.08. The first kappa shape index (κ1) is 12.6. The van der Waals surface area contributed by atoms with Gasteiger partial charge in [0.2, 0.25) is 0 Å². The molecular weight excluding hydrogens is 256 g/mol. The maximum atomic E-state index is 9.15. The van der Waals surface area contributed by atoms with Gasteiger partial charge >= 0.3 is 0 Å². The van der Waals surface area contributed by atoms with Crippen molar-refractivity contribution in [1.82, 2.24) is 15.1 Å². The van der Waals surface area contributed by atoms with Crippen molar-refractivity contribution in [2.45, 2.75) is 39.2 Å². The Morgan fingerprint density at radius 3 is 2.90 bits per heavy atom. The van der Waals surface area contributed by atoms with Crippen LogP contribution in [0.1, 0.15) is 47.4 Å². The summed E-state index contributed by atoms with van der Waals surface area (Å²) in [6.45, 7) is 3.81. The fourth-order valence-electron chi connectivity index (χ4n) is 2.02. The van der Waals surface area contributed by atoms with E-state index in [9.17, 15) is 0 Å². The number of hydrogen-bond donors (Lipinski definition) is 0. The maximum Gasteiger partial charge on any atom is 0.264 e. The lowest BCUT2D eigenvalue weighted by Crippen LogP contribution is -2.01. The Morgan fingerprint density at radius 1 is 1.40 bits per heavy atom. The minimum Gasteiger partial charge on any atom is -0.482 e. The van der Waals surface area contributed by atoms with E-state index in [-0.39, 0.29) is 6.61 Å². The van der Waals surface area contributed by atoms with Crippen molar-refractivity contribution in [2.75, 3.05) is 0 Å². The maximum absolute atomic E-state index is 9.15. The van der Waals surface area contributed by atoms with Crippen LogP contribution in [0.25, 0.3) is 0 Å². The Kier molecular flexibility index (Phi) is 3.11. The zero-order valence-corrected chi connectivity index (χ0v) is 11.4. The highest BCUT2D eigenvalue weighted by Gasteiger charge is 2.28. The van der Waals surface area contributed by atoms with Crippen molar-refractivity contribution in [3.8, 4) is 11.8 Å². The summed E-state index contributed by atoms with van der Waals surface area (Å²) in [5.41, 5.74) is 1.91. The van der Waals surface area contributed by atoms with Crippen LogP contribution in [0.5, 0.6) is 5.75 Å². The van der Waals surface area contributed by atoms with Crippen LogP contribution >= 0.6 is 0 Å². The molecule has 2 aromatic heterocycles. The van der Waals surface area contributed by atoms with E-state index in [1.165, 1.54) is 0 Å². The molecule has 1 saturated carbocycles. The summed E-state index contributed by atoms with van der Waals surface area (Å²) < 4.78 is 10.8. The Hall–Kier alpha value is -2.42. The molecule has 102 valence electrons. The van der Waals surface area contributed by atoms with E-state index in [4.69, 9.17) is 14.5 Å². The molecule has 0 radical (unpaired) electrons. The summed E-state index contributed by atoms with van der Waals surface area (Å²) in [7, 11) is 0. The zero-order chi connectivity index (χ0) is 14.1. The van der Waals surface area contributed by atoms with Crippen molar-refractivity contribution in [1.29, 1.82) is 5.26 Å². The molecule has 0 aromatic carbocycles. The van der Waals surface area contributed by atoms with Crippen molar-refractivity contribution in [3.63, 3.8) is 0 Å². The molecule has 0 saturated heterocycles. The average molecular weight is 270 g/mol. The van der Waals surface area contributed by atoms with Gasteiger partial charge in [-0.15, -0.1) is 0 Å². The van der Waals surface area contributed by atoms with Gasteiger partial charge in [0.15, 0.2) is 12.4 Å². The number of aromatic nitrogens is 3. The van der Waals surface area contributed by atoms with Crippen LogP contribution in [0, 0.1) is 25.2 Å². The van der Waals surface area contributed by atoms with Gasteiger partial charge in [0.25, 0.3) is 5.89 Å². The largest absolute Gasteiger partial charge is 0.482 e. The lowest BCUT2D eigenvalue weighted by atomic mass is 10.2. The first-order valence-corrected chi connectivity index (χ1v) is 6.51. The molecule has 6 heteroatoms. The molecule has 0 aliphatic heterocycles. The SMILES string of the molecule is Cc1cc(OCc2nc(C3CC3)no2)c(C#N)c(C)n1. The first-order chi connectivity index (χ1) is 9.67. The van der Waals surface area contributed by atoms with E-state index < -0.39 is 0 Å². The molecule has 2 aromatic rings. The third-order valence-corrected chi connectivity index (χ3v) is 3.18. The summed E-state index contributed by atoms with van der Waals surface area (Å²) in [6.07, 6.45) is 2.25. The van der Waals surface area contributed by atoms with Gasteiger partial charge < -0.3 is 9.26 Å². The number of nitrogens with zero attached hydrogens (tertiary/aromatic N) is 4. The third-order valence-electron chi connectivity index (χ3n) is 3.18. The van der Waals surface area contributed by atoms with Gasteiger partial charge in [-0.2, -0.15) is 10.2 Å². The van der Waals surface area contributed by atoms with Gasteiger partial charge in [-0.05, 0) is 26.7 Å². The number of rotatable bonds is 4. The molecule has 2 heterocycles. The number of ether oxygens (including phenoxy) is 1. The molecule has 0 unspecified atom stereocenters. The minimum atomic E-state index is 0.164. The fraction of sp³-hybridized carbons (Fsp3) is 0.429. The summed E-state index contributed by atoms with van der Waals surface area (Å²) in [5.74, 6) is 2.14. The second-order valence-corrected chi connectivity index (χ2v) is 4.94. The van der Waals surface area contributed by atoms with Crippen LogP contribution in [0.4, 0.5) is 0 Å². The highest BCUT2D eigenvalue weighted by Crippen LogP contribution is 2.38. The predicted molar refractivity (Wildman–Crippen MR) is 69.0 cm³/mol. The molecule has 3 rings (SSSR count). The Morgan fingerprint density at radius 2 is 2.20 bits per heavy atom. The zero-order valence-electron chi connectivity index (χ0n) is 11.4. The van der Waals surface area contributed by atoms with E-state index in [0.29, 0.717) is 28.8 Å². The van der Waals surface area contributed by atoms with Crippen molar-refractivity contribution >= 4 is 0 Å². The fourth-order valence-corrected chi connectivity index (χ4v) is 2.02. The molecule has 0 atom stereocenters. The Balaban J connectivity index is 1.75. The van der Waals surface area contributed by atoms with E-state index in [1.54, 1.807) is 13.0 Å². The van der Waals surface area contributed by atoms with Crippen LogP contribution in [-0.2, 0) is 6.61 Å². The van der Waals surface area contributed by atoms with E-state index in [2.05, 4.69) is 21.2 Å². The van der Waals surface area contributed by atoms with Gasteiger partial charge in [-0.3, -0.25) is 4.98 Å². The first-order valence-electron chi connectivity index (χ1n) is 6.51. The summed E-state index contributed by atoms with van der Waals surface area (Å²) >= 11 is 0. The van der Waals surface area contributed by atoms with E-state index in [1.807, 2.05) is 6.92 Å². The minimum absolute atomic E-state index is 0.164. The van der Waals surface area contributed by atoms with Gasteiger partial charge in [0.1, 0.15) is 17.4 Å². The standard InChI is InChI=1S/C14H14N4O2/c1-8-5-12(11(6-15)9(2)16-8)19-7-13-17-14(18-20-13)10-3-4-10/h5,10H,3-4,7H2,1-2H3. The topological polar surface area (TPSA) is 84.8 Å². The number of nitriles is 1. The normalized spacial score (nSPS) is 14.1. The Bertz CT molecular complexity index is 683. The van der Waals surface area contributed by atoms with E-state index >= 15 is 0 Å². The van der Waals surface area contributed by atoms with Crippen LogP contribution < -0.4 is 4.74 Å². The smallest absolute Gasteiger partial charge is 0.264 e. The highest BCUT2D eigenvalue weighted by molar-refractivity contribution is 5.46. The quantitative estimate of drug-likeness (QED) is 0.848. The molecule has 1 aliphatic carbocycles. The molecule has 0 amide bonds. The van der Waals surface area contributed by atoms with Crippen molar-refractivity contribution in [3.05, 3.63) is 34.7 Å². The van der Waals surface area contributed by atoms with Gasteiger partial charge in [0.05, 0.1) is 5.69 Å². The van der Waals surface area contributed by atoms with Gasteiger partial charge in [0, 0.05) is 17.7 Å². The highest BCUT2D eigenvalue weighted by atomic mass is 16.5. The lowest BCUT2D eigenvalue weighted by molar-refractivity contribution is 0.241. The van der Waals surface area contributed by atoms with Gasteiger partial charge in [-0.1, -0.05) is 5.16 Å². The van der Waals surface area contributed by atoms with Crippen LogP contribution in [0.3, 0.4) is 0 Å². The monoisotopic (exact) mass is 270 g/mol. The number of pyridine rings is 1. The molecule has 0 spiro atoms. The average Bonchev–Trinajstić information content (AvgIpc) is 3.15.